The van der Waals surface area contributed by atoms with E-state index in [0.717, 1.165) is 104 Å². The van der Waals surface area contributed by atoms with Crippen molar-refractivity contribution >= 4 is 64.5 Å². The fourth-order valence-corrected chi connectivity index (χ4v) is 11.9. The number of para-hydroxylation sites is 4. The Bertz CT molecular complexity index is 4040. The van der Waals surface area contributed by atoms with Crippen LogP contribution in [0.5, 0.6) is 11.5 Å². The summed E-state index contributed by atoms with van der Waals surface area (Å²) in [5, 5.41) is 4.68. The fraction of sp³-hybridized carbons (Fsp3) is 0. The van der Waals surface area contributed by atoms with E-state index in [1.807, 2.05) is 24.5 Å². The maximum absolute atomic E-state index is 6.82. The van der Waals surface area contributed by atoms with Crippen LogP contribution in [0.1, 0.15) is 0 Å². The van der Waals surface area contributed by atoms with E-state index in [2.05, 4.69) is 238 Å². The Balaban J connectivity index is 0.901. The Morgan fingerprint density at radius 1 is 0.433 bits per heavy atom. The standard InChI is InChI=1S/C59H37N5OS.Pt/c1-3-15-39(16-4-1)46-23-12-24-47(40-17-5-2-6-18-40)58(46)63-38-62(52-27-9-10-28-53(52)63)42-19-11-20-43(35-42)65-44-31-32-49-48-21-7-8-26-51(48)64(54(49)36-44)56-33-30-41(37-61-56)45-22-13-29-55-57(45)50-25-14-34-60-59(50)66-55;/h1-37H;. The minimum atomic E-state index is 0.738. The van der Waals surface area contributed by atoms with Crippen molar-refractivity contribution in [3.8, 4) is 62.1 Å². The summed E-state index contributed by atoms with van der Waals surface area (Å²) < 4.78 is 16.1. The number of fused-ring (bicyclic) bond motifs is 7. The maximum atomic E-state index is 6.82. The van der Waals surface area contributed by atoms with E-state index >= 15 is 0 Å². The molecule has 0 unspecified atom stereocenters. The number of hydrogen-bond donors (Lipinski definition) is 0. The molecule has 0 fully saturated rings. The summed E-state index contributed by atoms with van der Waals surface area (Å²) in [4.78, 5) is 10.8. The van der Waals surface area contributed by atoms with Crippen molar-refractivity contribution in [2.75, 3.05) is 0 Å². The minimum absolute atomic E-state index is 0.738. The van der Waals surface area contributed by atoms with Crippen LogP contribution in [0, 0.1) is 3.80 Å². The van der Waals surface area contributed by atoms with E-state index < -0.39 is 0 Å². The molecular formula is C59H37N5OPtS. The fourth-order valence-electron chi connectivity index (χ4n) is 9.72. The molecule has 13 rings (SSSR count). The number of rotatable bonds is 8. The normalized spacial score (nSPS) is 11.7. The Hall–Kier alpha value is -7.96. The van der Waals surface area contributed by atoms with Crippen molar-refractivity contribution in [3.63, 3.8) is 0 Å². The van der Waals surface area contributed by atoms with Crippen molar-refractivity contribution in [1.82, 2.24) is 23.7 Å². The SMILES string of the molecule is [Pt]=[c]1n(-c2cccc(Oc3ccc4c5ccccc5n(-c5ccc(-c6cccc7sc8ncccc8c67)cn5)c4c3)c2)c2ccccc2n1-c1c(-c2ccccc2)cccc1-c1ccccc1. The van der Waals surface area contributed by atoms with Gasteiger partial charge in [-0.2, -0.15) is 0 Å². The first-order valence-electron chi connectivity index (χ1n) is 22.1. The molecule has 0 spiro atoms. The van der Waals surface area contributed by atoms with Crippen LogP contribution < -0.4 is 4.74 Å². The Morgan fingerprint density at radius 3 is 1.84 bits per heavy atom. The molecule has 13 aromatic rings. The molecular weight excluding hydrogens is 1020 g/mol. The first-order chi connectivity index (χ1) is 33.2. The number of hydrogen-bond acceptors (Lipinski definition) is 4. The Kier molecular flexibility index (Phi) is 9.51. The van der Waals surface area contributed by atoms with Crippen molar-refractivity contribution in [3.05, 3.63) is 229 Å². The average molecular weight is 1060 g/mol. The first kappa shape index (κ1) is 39.4. The molecule has 0 saturated heterocycles. The second-order valence-corrected chi connectivity index (χ2v) is 18.6. The number of nitrogens with zero attached hydrogens (tertiary/aromatic N) is 5. The van der Waals surface area contributed by atoms with Gasteiger partial charge in [-0.05, 0) is 29.8 Å². The van der Waals surface area contributed by atoms with Crippen molar-refractivity contribution in [1.29, 1.82) is 0 Å². The number of ether oxygens (including phenoxy) is 1. The molecule has 0 amide bonds. The molecule has 0 radical (unpaired) electrons. The van der Waals surface area contributed by atoms with Crippen LogP contribution >= 0.6 is 11.3 Å². The molecule has 8 aromatic carbocycles. The van der Waals surface area contributed by atoms with Crippen LogP contribution in [-0.4, -0.2) is 23.7 Å². The predicted molar refractivity (Wildman–Crippen MR) is 271 cm³/mol. The quantitative estimate of drug-likeness (QED) is 0.152. The summed E-state index contributed by atoms with van der Waals surface area (Å²) in [6.07, 6.45) is 3.86. The second kappa shape index (κ2) is 16.2. The molecule has 0 bridgehead atoms. The monoisotopic (exact) mass is 1060 g/mol. The van der Waals surface area contributed by atoms with Gasteiger partial charge in [0.1, 0.15) is 4.83 Å². The van der Waals surface area contributed by atoms with E-state index in [1.54, 1.807) is 11.3 Å². The number of aromatic nitrogens is 5. The first-order valence-corrected chi connectivity index (χ1v) is 24.1. The molecule has 0 saturated carbocycles. The van der Waals surface area contributed by atoms with Crippen molar-refractivity contribution in [2.24, 2.45) is 0 Å². The van der Waals surface area contributed by atoms with Gasteiger partial charge in [-0.15, -0.1) is 11.3 Å². The molecule has 0 aliphatic carbocycles. The summed E-state index contributed by atoms with van der Waals surface area (Å²) in [5.41, 5.74) is 13.3. The second-order valence-electron chi connectivity index (χ2n) is 16.5. The van der Waals surface area contributed by atoms with Gasteiger partial charge in [0.2, 0.25) is 0 Å². The van der Waals surface area contributed by atoms with Gasteiger partial charge < -0.3 is 0 Å². The van der Waals surface area contributed by atoms with Gasteiger partial charge in [0.05, 0.1) is 0 Å². The Labute approximate surface area is 400 Å². The van der Waals surface area contributed by atoms with Gasteiger partial charge in [0.15, 0.2) is 0 Å². The molecule has 5 heterocycles. The number of benzene rings is 8. The molecule has 8 heteroatoms. The van der Waals surface area contributed by atoms with Crippen molar-refractivity contribution < 1.29 is 24.1 Å². The molecule has 320 valence electrons. The molecule has 0 atom stereocenters. The topological polar surface area (TPSA) is 49.8 Å². The van der Waals surface area contributed by atoms with Crippen LogP contribution in [0.3, 0.4) is 0 Å². The van der Waals surface area contributed by atoms with Crippen LogP contribution in [-0.2, 0) is 19.4 Å². The van der Waals surface area contributed by atoms with Gasteiger partial charge in [-0.3, -0.25) is 0 Å². The molecule has 0 N–H and O–H groups in total. The van der Waals surface area contributed by atoms with Crippen LogP contribution in [0.25, 0.3) is 104 Å². The third kappa shape index (κ3) is 6.61. The van der Waals surface area contributed by atoms with Gasteiger partial charge in [0.25, 0.3) is 0 Å². The van der Waals surface area contributed by atoms with E-state index in [4.69, 9.17) is 9.72 Å². The van der Waals surface area contributed by atoms with Crippen LogP contribution in [0.15, 0.2) is 225 Å². The van der Waals surface area contributed by atoms with Gasteiger partial charge in [0, 0.05) is 33.4 Å². The summed E-state index contributed by atoms with van der Waals surface area (Å²) >= 11 is 4.22. The predicted octanol–water partition coefficient (Wildman–Crippen LogP) is 15.5. The zero-order valence-corrected chi connectivity index (χ0v) is 38.8. The van der Waals surface area contributed by atoms with Gasteiger partial charge in [-0.25, -0.2) is 4.98 Å². The van der Waals surface area contributed by atoms with Crippen LogP contribution in [0.4, 0.5) is 0 Å². The zero-order valence-electron chi connectivity index (χ0n) is 35.7. The third-order valence-electron chi connectivity index (χ3n) is 12.7. The molecule has 67 heavy (non-hydrogen) atoms. The van der Waals surface area contributed by atoms with E-state index in [1.165, 1.54) is 15.5 Å². The molecule has 6 nitrogen and oxygen atoms in total. The van der Waals surface area contributed by atoms with E-state index in [9.17, 15) is 0 Å². The summed E-state index contributed by atoms with van der Waals surface area (Å²) in [6, 6.07) is 74.9. The summed E-state index contributed by atoms with van der Waals surface area (Å²) in [7, 11) is 0. The summed E-state index contributed by atoms with van der Waals surface area (Å²) in [6.45, 7) is 0. The molecule has 0 aliphatic heterocycles. The van der Waals surface area contributed by atoms with E-state index in [0.29, 0.717) is 0 Å². The molecule has 0 aliphatic rings. The third-order valence-corrected chi connectivity index (χ3v) is 14.7. The Morgan fingerprint density at radius 2 is 1.07 bits per heavy atom. The number of pyridine rings is 2. The average Bonchev–Trinajstić information content (AvgIpc) is 4.03. The molecule has 5 aromatic heterocycles. The summed E-state index contributed by atoms with van der Waals surface area (Å²) in [5.74, 6) is 2.31. The van der Waals surface area contributed by atoms with E-state index in [-0.39, 0.29) is 0 Å². The zero-order chi connectivity index (χ0) is 44.4. The van der Waals surface area contributed by atoms with Gasteiger partial charge in [-0.1, -0.05) is 24.3 Å². The van der Waals surface area contributed by atoms with Gasteiger partial charge >= 0.3 is 294 Å². The van der Waals surface area contributed by atoms with Crippen molar-refractivity contribution in [2.45, 2.75) is 0 Å². The number of thiophene rings is 1. The number of imidazole rings is 1. The van der Waals surface area contributed by atoms with Crippen LogP contribution in [0.2, 0.25) is 0 Å².